The van der Waals surface area contributed by atoms with Crippen molar-refractivity contribution in [3.05, 3.63) is 53.7 Å². The van der Waals surface area contributed by atoms with Crippen LogP contribution in [0.1, 0.15) is 62.5 Å². The molecule has 0 radical (unpaired) electrons. The SMILES string of the molecule is CC(C)c1ccc2nnc(C(C)c3ccc4nc(NC(=O)C5CC5)cn4n3)n2c1. The molecule has 4 aromatic rings. The number of nitrogens with zero attached hydrogens (tertiary/aromatic N) is 6. The van der Waals surface area contributed by atoms with Gasteiger partial charge in [0.1, 0.15) is 5.82 Å². The molecule has 0 saturated heterocycles. The summed E-state index contributed by atoms with van der Waals surface area (Å²) in [6.07, 6.45) is 5.78. The molecule has 0 aromatic carbocycles. The van der Waals surface area contributed by atoms with E-state index in [1.807, 2.05) is 22.6 Å². The summed E-state index contributed by atoms with van der Waals surface area (Å²) in [5.74, 6) is 1.93. The molecule has 1 unspecified atom stereocenters. The van der Waals surface area contributed by atoms with Crippen LogP contribution in [0.2, 0.25) is 0 Å². The highest BCUT2D eigenvalue weighted by atomic mass is 16.2. The first-order chi connectivity index (χ1) is 14.0. The fraction of sp³-hybridized carbons (Fsp3) is 0.381. The molecule has 8 heteroatoms. The highest BCUT2D eigenvalue weighted by molar-refractivity contribution is 5.93. The van der Waals surface area contributed by atoms with Gasteiger partial charge in [0.25, 0.3) is 0 Å². The lowest BCUT2D eigenvalue weighted by Crippen LogP contribution is -2.13. The van der Waals surface area contributed by atoms with Crippen molar-refractivity contribution in [2.24, 2.45) is 5.92 Å². The van der Waals surface area contributed by atoms with Crippen LogP contribution in [0.3, 0.4) is 0 Å². The molecule has 1 fully saturated rings. The normalized spacial score (nSPS) is 15.3. The van der Waals surface area contributed by atoms with Gasteiger partial charge in [0.2, 0.25) is 5.91 Å². The van der Waals surface area contributed by atoms with Crippen LogP contribution in [0.5, 0.6) is 0 Å². The molecule has 1 atom stereocenters. The van der Waals surface area contributed by atoms with Crippen molar-refractivity contribution >= 4 is 23.0 Å². The van der Waals surface area contributed by atoms with Crippen molar-refractivity contribution < 1.29 is 4.79 Å². The molecule has 4 aromatic heterocycles. The smallest absolute Gasteiger partial charge is 0.228 e. The molecule has 0 bridgehead atoms. The molecular formula is C21H23N7O. The van der Waals surface area contributed by atoms with E-state index in [4.69, 9.17) is 5.10 Å². The summed E-state index contributed by atoms with van der Waals surface area (Å²) in [6, 6.07) is 7.96. The van der Waals surface area contributed by atoms with Crippen molar-refractivity contribution in [3.8, 4) is 0 Å². The zero-order chi connectivity index (χ0) is 20.1. The first-order valence-electron chi connectivity index (χ1n) is 10.0. The van der Waals surface area contributed by atoms with Crippen molar-refractivity contribution in [2.75, 3.05) is 5.32 Å². The number of carbonyl (C=O) groups is 1. The van der Waals surface area contributed by atoms with Gasteiger partial charge >= 0.3 is 0 Å². The summed E-state index contributed by atoms with van der Waals surface area (Å²) in [5.41, 5.74) is 3.62. The number of pyridine rings is 1. The second kappa shape index (κ2) is 6.65. The van der Waals surface area contributed by atoms with E-state index in [1.54, 1.807) is 10.7 Å². The van der Waals surface area contributed by atoms with E-state index in [9.17, 15) is 4.79 Å². The lowest BCUT2D eigenvalue weighted by Gasteiger charge is -2.11. The average molecular weight is 389 g/mol. The fourth-order valence-electron chi connectivity index (χ4n) is 3.46. The maximum absolute atomic E-state index is 12.0. The maximum Gasteiger partial charge on any atom is 0.228 e. The number of nitrogens with one attached hydrogen (secondary N) is 1. The van der Waals surface area contributed by atoms with Gasteiger partial charge in [0, 0.05) is 12.1 Å². The summed E-state index contributed by atoms with van der Waals surface area (Å²) in [4.78, 5) is 16.4. The van der Waals surface area contributed by atoms with Crippen LogP contribution >= 0.6 is 0 Å². The van der Waals surface area contributed by atoms with Gasteiger partial charge in [-0.2, -0.15) is 5.10 Å². The van der Waals surface area contributed by atoms with Crippen molar-refractivity contribution in [1.29, 1.82) is 0 Å². The van der Waals surface area contributed by atoms with Gasteiger partial charge in [-0.3, -0.25) is 9.20 Å². The minimum Gasteiger partial charge on any atom is -0.309 e. The van der Waals surface area contributed by atoms with Crippen LogP contribution in [0.15, 0.2) is 36.7 Å². The zero-order valence-electron chi connectivity index (χ0n) is 16.7. The van der Waals surface area contributed by atoms with E-state index >= 15 is 0 Å². The largest absolute Gasteiger partial charge is 0.309 e. The van der Waals surface area contributed by atoms with E-state index in [1.165, 1.54) is 5.56 Å². The van der Waals surface area contributed by atoms with Gasteiger partial charge in [-0.25, -0.2) is 9.50 Å². The molecule has 0 aliphatic heterocycles. The monoisotopic (exact) mass is 389 g/mol. The van der Waals surface area contributed by atoms with E-state index < -0.39 is 0 Å². The van der Waals surface area contributed by atoms with Gasteiger partial charge < -0.3 is 5.32 Å². The van der Waals surface area contributed by atoms with Gasteiger partial charge in [0.15, 0.2) is 17.1 Å². The van der Waals surface area contributed by atoms with Gasteiger partial charge in [-0.15, -0.1) is 10.2 Å². The second-order valence-electron chi connectivity index (χ2n) is 8.08. The first kappa shape index (κ1) is 17.8. The lowest BCUT2D eigenvalue weighted by atomic mass is 10.0. The Hall–Kier alpha value is -3.29. The van der Waals surface area contributed by atoms with E-state index in [-0.39, 0.29) is 17.7 Å². The Bertz CT molecular complexity index is 1220. The number of hydrogen-bond acceptors (Lipinski definition) is 5. The molecule has 1 amide bonds. The van der Waals surface area contributed by atoms with Crippen molar-refractivity contribution in [2.45, 2.75) is 45.4 Å². The van der Waals surface area contributed by atoms with Gasteiger partial charge in [0.05, 0.1) is 17.8 Å². The Morgan fingerprint density at radius 2 is 1.86 bits per heavy atom. The molecule has 0 spiro atoms. The Balaban J connectivity index is 1.47. The minimum atomic E-state index is -0.0521. The summed E-state index contributed by atoms with van der Waals surface area (Å²) < 4.78 is 3.75. The molecule has 1 aliphatic carbocycles. The molecule has 1 saturated carbocycles. The zero-order valence-corrected chi connectivity index (χ0v) is 16.7. The highest BCUT2D eigenvalue weighted by Crippen LogP contribution is 2.30. The summed E-state index contributed by atoms with van der Waals surface area (Å²) in [6.45, 7) is 6.41. The summed E-state index contributed by atoms with van der Waals surface area (Å²) in [7, 11) is 0. The predicted octanol–water partition coefficient (Wildman–Crippen LogP) is 3.40. The van der Waals surface area contributed by atoms with Crippen LogP contribution in [-0.2, 0) is 4.79 Å². The Kier molecular flexibility index (Phi) is 4.08. The Morgan fingerprint density at radius 1 is 1.07 bits per heavy atom. The molecule has 1 aliphatic rings. The van der Waals surface area contributed by atoms with Crippen LogP contribution < -0.4 is 5.32 Å². The third-order valence-corrected chi connectivity index (χ3v) is 5.49. The molecule has 148 valence electrons. The van der Waals surface area contributed by atoms with Gasteiger partial charge in [-0.1, -0.05) is 19.9 Å². The number of rotatable bonds is 5. The molecule has 1 N–H and O–H groups in total. The molecular weight excluding hydrogens is 366 g/mol. The topological polar surface area (TPSA) is 89.5 Å². The number of anilines is 1. The number of fused-ring (bicyclic) bond motifs is 2. The number of aromatic nitrogens is 6. The van der Waals surface area contributed by atoms with E-state index in [0.717, 1.165) is 30.0 Å². The fourth-order valence-corrected chi connectivity index (χ4v) is 3.46. The standard InChI is InChI=1S/C21H23N7O/c1-12(2)15-6-8-19-24-25-20(27(19)10-15)13(3)16-7-9-18-22-17(11-28(18)26-16)23-21(29)14-4-5-14/h6-14H,4-5H2,1-3H3,(H,23,29). The van der Waals surface area contributed by atoms with Crippen LogP contribution in [0, 0.1) is 5.92 Å². The molecule has 5 rings (SSSR count). The van der Waals surface area contributed by atoms with E-state index in [0.29, 0.717) is 17.4 Å². The summed E-state index contributed by atoms with van der Waals surface area (Å²) >= 11 is 0. The van der Waals surface area contributed by atoms with Crippen LogP contribution in [0.4, 0.5) is 5.82 Å². The van der Waals surface area contributed by atoms with Crippen LogP contribution in [-0.4, -0.2) is 35.1 Å². The highest BCUT2D eigenvalue weighted by Gasteiger charge is 2.30. The van der Waals surface area contributed by atoms with E-state index in [2.05, 4.69) is 53.5 Å². The maximum atomic E-state index is 12.0. The number of amides is 1. The molecule has 8 nitrogen and oxygen atoms in total. The molecule has 4 heterocycles. The van der Waals surface area contributed by atoms with Crippen LogP contribution in [0.25, 0.3) is 11.3 Å². The quantitative estimate of drug-likeness (QED) is 0.565. The van der Waals surface area contributed by atoms with Gasteiger partial charge in [-0.05, 0) is 49.4 Å². The number of carbonyl (C=O) groups excluding carboxylic acids is 1. The first-order valence-corrected chi connectivity index (χ1v) is 10.0. The Labute approximate surface area is 168 Å². The second-order valence-corrected chi connectivity index (χ2v) is 8.08. The van der Waals surface area contributed by atoms with Crippen molar-refractivity contribution in [3.63, 3.8) is 0 Å². The third-order valence-electron chi connectivity index (χ3n) is 5.49. The number of imidazole rings is 1. The lowest BCUT2D eigenvalue weighted by molar-refractivity contribution is -0.117. The Morgan fingerprint density at radius 3 is 2.62 bits per heavy atom. The molecule has 29 heavy (non-hydrogen) atoms. The minimum absolute atomic E-state index is 0.0397. The van der Waals surface area contributed by atoms with Crippen molar-refractivity contribution in [1.82, 2.24) is 29.2 Å². The summed E-state index contributed by atoms with van der Waals surface area (Å²) in [5, 5.41) is 16.3. The third kappa shape index (κ3) is 3.24. The number of hydrogen-bond donors (Lipinski definition) is 1. The predicted molar refractivity (Wildman–Crippen MR) is 109 cm³/mol. The average Bonchev–Trinajstić information content (AvgIpc) is 3.36.